The second-order valence-electron chi connectivity index (χ2n) is 20.4. The van der Waals surface area contributed by atoms with Crippen LogP contribution in [0.5, 0.6) is 5.88 Å². The van der Waals surface area contributed by atoms with Gasteiger partial charge in [0, 0.05) is 29.6 Å². The summed E-state index contributed by atoms with van der Waals surface area (Å²) in [5.74, 6) is -2.02. The number of thiocarbonyl (C=S) groups is 2. The normalized spacial score (nSPS) is 17.6. The van der Waals surface area contributed by atoms with Crippen molar-refractivity contribution in [2.24, 2.45) is 0 Å². The van der Waals surface area contributed by atoms with Crippen LogP contribution in [0.4, 0.5) is 57.9 Å². The maximum absolute atomic E-state index is 15.5. The van der Waals surface area contributed by atoms with Crippen LogP contribution >= 0.6 is 36.0 Å². The summed E-state index contributed by atoms with van der Waals surface area (Å²) in [5.41, 5.74) is -8.14. The fourth-order valence-electron chi connectivity index (χ4n) is 8.77. The van der Waals surface area contributed by atoms with Crippen LogP contribution in [0, 0.1) is 34.3 Å². The summed E-state index contributed by atoms with van der Waals surface area (Å²) in [7, 11) is 0. The first-order chi connectivity index (χ1) is 37.8. The Balaban J connectivity index is 0.000000194. The van der Waals surface area contributed by atoms with Crippen LogP contribution < -0.4 is 24.3 Å². The zero-order valence-electron chi connectivity index (χ0n) is 43.7. The first kappa shape index (κ1) is 59.8. The van der Waals surface area contributed by atoms with Gasteiger partial charge < -0.3 is 29.9 Å². The number of rotatable bonds is 10. The number of amides is 2. The topological polar surface area (TPSA) is 216 Å². The number of aliphatic hydroxyl groups is 3. The molecular weight excluding hydrogens is 1140 g/mol. The lowest BCUT2D eigenvalue weighted by molar-refractivity contribution is -0.138. The Morgan fingerprint density at radius 1 is 0.642 bits per heavy atom. The molecule has 16 nitrogen and oxygen atoms in total. The lowest BCUT2D eigenvalue weighted by Crippen LogP contribution is -2.44. The fraction of sp³-hybridized carbons (Fsp3) is 0.370. The standard InChI is InChI=1S/C27H23F4N5O3S.C23H16ClF4N5OS.C4H8O2/c1-4-20-33-21-17(22(34-20)39-13-26(38)7-8-26)9-16(11-19(21)28)36-24(40)35(23(37)25(36,2)3)15-6-5-14(12-32)18(10-15)27(29,30)31;1-4-17-30-18-14(19(24)31-17)7-13(9-16(18)25)33-21(35)32(20(34)22(33,2)3)12-6-5-11(10-29)15(8-12)23(26,27)28;5-3-4(6)1-2-4/h5-6,9-11,38H,4,7-8,13H2,1-3H3;5-9H,4H2,1-3H3;5-6H,1-3H2. The molecule has 27 heteroatoms. The van der Waals surface area contributed by atoms with Gasteiger partial charge in [-0.15, -0.1) is 0 Å². The number of anilines is 4. The maximum Gasteiger partial charge on any atom is 0.417 e. The molecule has 4 aliphatic rings. The number of alkyl halides is 6. The molecule has 2 saturated carbocycles. The molecule has 2 saturated heterocycles. The van der Waals surface area contributed by atoms with Crippen molar-refractivity contribution < 1.29 is 64.8 Å². The molecule has 6 aromatic rings. The molecule has 0 atom stereocenters. The van der Waals surface area contributed by atoms with Crippen LogP contribution in [0.2, 0.25) is 5.15 Å². The molecule has 0 radical (unpaired) electrons. The van der Waals surface area contributed by atoms with Crippen LogP contribution in [0.3, 0.4) is 0 Å². The Labute approximate surface area is 472 Å². The summed E-state index contributed by atoms with van der Waals surface area (Å²) in [5, 5.41) is 45.4. The highest BCUT2D eigenvalue weighted by Crippen LogP contribution is 2.44. The van der Waals surface area contributed by atoms with Crippen LogP contribution in [0.15, 0.2) is 60.7 Å². The molecule has 4 fully saturated rings. The van der Waals surface area contributed by atoms with Crippen LogP contribution in [0.25, 0.3) is 21.8 Å². The van der Waals surface area contributed by atoms with E-state index in [2.05, 4.69) is 19.9 Å². The number of hydrogen-bond acceptors (Lipinski definition) is 14. The van der Waals surface area contributed by atoms with Gasteiger partial charge in [-0.2, -0.15) is 41.9 Å². The van der Waals surface area contributed by atoms with Crippen LogP contribution in [0.1, 0.15) is 101 Å². The number of aryl methyl sites for hydroxylation is 2. The number of carbonyl (C=O) groups excluding carboxylic acids is 2. The number of nitriles is 2. The summed E-state index contributed by atoms with van der Waals surface area (Å²) in [6.45, 7) is 9.52. The van der Waals surface area contributed by atoms with Crippen molar-refractivity contribution in [1.82, 2.24) is 19.9 Å². The number of hydrogen-bond donors (Lipinski definition) is 3. The zero-order valence-corrected chi connectivity index (χ0v) is 46.1. The predicted molar refractivity (Wildman–Crippen MR) is 289 cm³/mol. The fourth-order valence-corrected chi connectivity index (χ4v) is 10.1. The third kappa shape index (κ3) is 11.5. The van der Waals surface area contributed by atoms with E-state index in [0.29, 0.717) is 49.5 Å². The highest BCUT2D eigenvalue weighted by atomic mass is 35.5. The molecule has 424 valence electrons. The highest BCUT2D eigenvalue weighted by Gasteiger charge is 2.53. The van der Waals surface area contributed by atoms with E-state index in [-0.39, 0.29) is 79.0 Å². The van der Waals surface area contributed by atoms with E-state index in [1.54, 1.807) is 13.8 Å². The Morgan fingerprint density at radius 3 is 1.42 bits per heavy atom. The molecule has 2 aliphatic heterocycles. The molecular formula is C54H47ClF8N10O6S2. The summed E-state index contributed by atoms with van der Waals surface area (Å²) in [6, 6.07) is 14.0. The molecule has 2 aliphatic carbocycles. The monoisotopic (exact) mass is 1180 g/mol. The number of halogens is 9. The second kappa shape index (κ2) is 21.5. The van der Waals surface area contributed by atoms with Gasteiger partial charge in [-0.25, -0.2) is 23.7 Å². The third-order valence-electron chi connectivity index (χ3n) is 13.8. The minimum atomic E-state index is -4.84. The summed E-state index contributed by atoms with van der Waals surface area (Å²) in [4.78, 5) is 48.4. The van der Waals surface area contributed by atoms with Crippen molar-refractivity contribution >= 4 is 103 Å². The number of carbonyl (C=O) groups is 2. The zero-order chi connectivity index (χ0) is 59.7. The van der Waals surface area contributed by atoms with Gasteiger partial charge >= 0.3 is 12.4 Å². The Bertz CT molecular complexity index is 3700. The van der Waals surface area contributed by atoms with Gasteiger partial charge in [0.1, 0.15) is 45.5 Å². The molecule has 0 unspecified atom stereocenters. The molecule has 2 amide bonds. The van der Waals surface area contributed by atoms with Crippen molar-refractivity contribution in [3.05, 3.63) is 111 Å². The van der Waals surface area contributed by atoms with Gasteiger partial charge in [0.2, 0.25) is 5.88 Å². The molecule has 0 spiro atoms. The average molecular weight is 1180 g/mol. The average Bonchev–Trinajstić information content (AvgIpc) is 4.43. The Kier molecular flexibility index (Phi) is 15.9. The number of nitrogens with zero attached hydrogens (tertiary/aromatic N) is 10. The van der Waals surface area contributed by atoms with E-state index in [9.17, 15) is 41.0 Å². The van der Waals surface area contributed by atoms with Crippen molar-refractivity contribution in [2.45, 2.75) is 115 Å². The minimum Gasteiger partial charge on any atom is -0.474 e. The first-order valence-corrected chi connectivity index (χ1v) is 25.9. The van der Waals surface area contributed by atoms with Gasteiger partial charge in [-0.1, -0.05) is 25.4 Å². The predicted octanol–water partition coefficient (Wildman–Crippen LogP) is 10.3. The number of fused-ring (bicyclic) bond motifs is 2. The summed E-state index contributed by atoms with van der Waals surface area (Å²) < 4.78 is 118. The van der Waals surface area contributed by atoms with Crippen LogP contribution in [-0.4, -0.2) is 92.8 Å². The van der Waals surface area contributed by atoms with E-state index in [4.69, 9.17) is 61.5 Å². The van der Waals surface area contributed by atoms with Gasteiger partial charge in [-0.05, 0) is 138 Å². The lowest BCUT2D eigenvalue weighted by atomic mass is 10.0. The SMILES string of the molecule is CCc1nc(Cl)c2cc(N3C(=S)N(c4ccc(C#N)c(C(F)(F)F)c4)C(=O)C3(C)C)cc(F)c2n1.CCc1nc(OCC2(O)CC2)c2cc(N3C(=S)N(c4ccc(C#N)c(C(F)(F)F)c4)C(=O)C3(C)C)cc(F)c2n1.OCC1(O)CC1. The molecule has 81 heavy (non-hydrogen) atoms. The maximum atomic E-state index is 15.5. The van der Waals surface area contributed by atoms with Crippen molar-refractivity contribution in [1.29, 1.82) is 10.5 Å². The third-order valence-corrected chi connectivity index (χ3v) is 14.8. The van der Waals surface area contributed by atoms with Crippen LogP contribution in [-0.2, 0) is 34.8 Å². The second-order valence-corrected chi connectivity index (χ2v) is 21.5. The van der Waals surface area contributed by atoms with Crippen molar-refractivity contribution in [3.8, 4) is 18.0 Å². The molecule has 2 aromatic heterocycles. The van der Waals surface area contributed by atoms with Gasteiger partial charge in [0.15, 0.2) is 21.9 Å². The van der Waals surface area contributed by atoms with Gasteiger partial charge in [0.05, 0.1) is 69.0 Å². The smallest absolute Gasteiger partial charge is 0.417 e. The van der Waals surface area contributed by atoms with E-state index >= 15 is 8.78 Å². The van der Waals surface area contributed by atoms with Crippen molar-refractivity contribution in [2.75, 3.05) is 32.8 Å². The molecule has 10 rings (SSSR count). The summed E-state index contributed by atoms with van der Waals surface area (Å²) >= 11 is 17.3. The number of aliphatic hydroxyl groups excluding tert-OH is 1. The van der Waals surface area contributed by atoms with Gasteiger partial charge in [0.25, 0.3) is 11.8 Å². The molecule has 4 heterocycles. The van der Waals surface area contributed by atoms with E-state index in [1.807, 2.05) is 0 Å². The molecule has 0 bridgehead atoms. The van der Waals surface area contributed by atoms with Gasteiger partial charge in [-0.3, -0.25) is 19.4 Å². The number of aromatic nitrogens is 4. The molecule has 3 N–H and O–H groups in total. The van der Waals surface area contributed by atoms with Crippen molar-refractivity contribution in [3.63, 3.8) is 0 Å². The van der Waals surface area contributed by atoms with E-state index < -0.39 is 80.3 Å². The first-order valence-electron chi connectivity index (χ1n) is 24.7. The number of ether oxygens (including phenoxy) is 1. The minimum absolute atomic E-state index is 0.00128. The Hall–Kier alpha value is -7.33. The highest BCUT2D eigenvalue weighted by molar-refractivity contribution is 7.81. The molecule has 4 aromatic carbocycles. The quantitative estimate of drug-likeness (QED) is 0.0660. The summed E-state index contributed by atoms with van der Waals surface area (Å²) in [6.07, 6.45) is -6.14. The largest absolute Gasteiger partial charge is 0.474 e. The number of benzene rings is 4. The van der Waals surface area contributed by atoms with E-state index in [0.717, 1.165) is 46.9 Å². The Morgan fingerprint density at radius 2 is 1.05 bits per heavy atom. The van der Waals surface area contributed by atoms with E-state index in [1.165, 1.54) is 73.9 Å². The lowest BCUT2D eigenvalue weighted by Gasteiger charge is -2.29.